The van der Waals surface area contributed by atoms with Crippen LogP contribution in [0.1, 0.15) is 6.42 Å². The molecule has 0 aromatic carbocycles. The standard InChI is InChI=1S/C4H5NO4.Na/c5-2(4(8)9)1-3(6)7;/h5H,1H2,(H,6,7)(H,8,9);/q;+1/p-1. The van der Waals surface area contributed by atoms with Gasteiger partial charge in [0.25, 0.3) is 0 Å². The van der Waals surface area contributed by atoms with Gasteiger partial charge in [-0.15, -0.1) is 0 Å². The fourth-order valence-electron chi connectivity index (χ4n) is 0.220. The molecule has 0 atom stereocenters. The first-order chi connectivity index (χ1) is 4.04. The van der Waals surface area contributed by atoms with Gasteiger partial charge < -0.3 is 15.0 Å². The maximum Gasteiger partial charge on any atom is 1.00 e. The first-order valence-corrected chi connectivity index (χ1v) is 2.04. The molecule has 0 bridgehead atoms. The second-order valence-electron chi connectivity index (χ2n) is 1.33. The van der Waals surface area contributed by atoms with Gasteiger partial charge in [-0.25, -0.2) is 4.79 Å². The van der Waals surface area contributed by atoms with Crippen LogP contribution in [-0.4, -0.2) is 22.8 Å². The Kier molecular flexibility index (Phi) is 6.64. The summed E-state index contributed by atoms with van der Waals surface area (Å²) in [5.41, 5.74) is -0.866. The molecule has 0 aliphatic heterocycles. The van der Waals surface area contributed by atoms with Crippen molar-refractivity contribution in [2.45, 2.75) is 6.42 Å². The van der Waals surface area contributed by atoms with Crippen molar-refractivity contribution in [1.29, 1.82) is 5.41 Å². The van der Waals surface area contributed by atoms with E-state index >= 15 is 0 Å². The van der Waals surface area contributed by atoms with Crippen molar-refractivity contribution >= 4 is 17.7 Å². The molecule has 0 amide bonds. The number of aliphatic carboxylic acids is 2. The fourth-order valence-corrected chi connectivity index (χ4v) is 0.220. The average Bonchev–Trinajstić information content (AvgIpc) is 1.63. The summed E-state index contributed by atoms with van der Waals surface area (Å²) < 4.78 is 0. The van der Waals surface area contributed by atoms with Crippen LogP contribution in [0.2, 0.25) is 0 Å². The number of carboxylic acid groups (broad SMARTS) is 2. The largest absolute Gasteiger partial charge is 1.00 e. The summed E-state index contributed by atoms with van der Waals surface area (Å²) in [7, 11) is 0. The average molecular weight is 153 g/mol. The van der Waals surface area contributed by atoms with Crippen LogP contribution in [0.4, 0.5) is 0 Å². The number of carbonyl (C=O) groups excluding carboxylic acids is 1. The maximum atomic E-state index is 9.72. The van der Waals surface area contributed by atoms with Gasteiger partial charge in [0.05, 0.1) is 0 Å². The molecule has 0 unspecified atom stereocenters. The SMILES string of the molecule is N=C(CC(=O)[O-])C(=O)O.[Na+]. The molecule has 0 saturated heterocycles. The Morgan fingerprint density at radius 1 is 1.50 bits per heavy atom. The molecule has 0 aromatic rings. The second-order valence-corrected chi connectivity index (χ2v) is 1.33. The first-order valence-electron chi connectivity index (χ1n) is 2.04. The van der Waals surface area contributed by atoms with Crippen molar-refractivity contribution in [2.24, 2.45) is 0 Å². The molecule has 5 nitrogen and oxygen atoms in total. The van der Waals surface area contributed by atoms with E-state index in [0.717, 1.165) is 0 Å². The summed E-state index contributed by atoms with van der Waals surface area (Å²) in [5, 5.41) is 24.0. The number of carboxylic acids is 2. The number of nitrogens with one attached hydrogen (secondary N) is 1. The Morgan fingerprint density at radius 2 is 1.90 bits per heavy atom. The Hall–Kier alpha value is -0.390. The van der Waals surface area contributed by atoms with Crippen LogP contribution in [0.3, 0.4) is 0 Å². The van der Waals surface area contributed by atoms with Crippen molar-refractivity contribution in [1.82, 2.24) is 0 Å². The number of carbonyl (C=O) groups is 2. The third kappa shape index (κ3) is 5.74. The third-order valence-corrected chi connectivity index (χ3v) is 0.579. The zero-order valence-electron chi connectivity index (χ0n) is 5.38. The van der Waals surface area contributed by atoms with E-state index in [1.807, 2.05) is 0 Å². The number of rotatable bonds is 3. The van der Waals surface area contributed by atoms with Crippen molar-refractivity contribution in [2.75, 3.05) is 0 Å². The molecular weight excluding hydrogens is 149 g/mol. The van der Waals surface area contributed by atoms with E-state index in [1.54, 1.807) is 0 Å². The van der Waals surface area contributed by atoms with Gasteiger partial charge >= 0.3 is 35.5 Å². The molecule has 0 aliphatic carbocycles. The molecule has 50 valence electrons. The van der Waals surface area contributed by atoms with Gasteiger partial charge in [0.15, 0.2) is 0 Å². The monoisotopic (exact) mass is 153 g/mol. The summed E-state index contributed by atoms with van der Waals surface area (Å²) in [6, 6.07) is 0. The van der Waals surface area contributed by atoms with Crippen LogP contribution in [0.25, 0.3) is 0 Å². The van der Waals surface area contributed by atoms with E-state index < -0.39 is 24.1 Å². The molecule has 2 N–H and O–H groups in total. The van der Waals surface area contributed by atoms with E-state index in [1.165, 1.54) is 0 Å². The maximum absolute atomic E-state index is 9.72. The van der Waals surface area contributed by atoms with Gasteiger partial charge in [0.2, 0.25) is 0 Å². The molecule has 0 spiro atoms. The van der Waals surface area contributed by atoms with Crippen LogP contribution in [-0.2, 0) is 9.59 Å². The van der Waals surface area contributed by atoms with Crippen LogP contribution in [0.5, 0.6) is 0 Å². The van der Waals surface area contributed by atoms with E-state index in [4.69, 9.17) is 10.5 Å². The molecule has 0 aromatic heterocycles. The van der Waals surface area contributed by atoms with E-state index in [-0.39, 0.29) is 29.6 Å². The van der Waals surface area contributed by atoms with Crippen molar-refractivity contribution in [3.63, 3.8) is 0 Å². The Balaban J connectivity index is 0. The van der Waals surface area contributed by atoms with Gasteiger partial charge in [-0.1, -0.05) is 0 Å². The van der Waals surface area contributed by atoms with Gasteiger partial charge in [0, 0.05) is 12.4 Å². The van der Waals surface area contributed by atoms with E-state index in [2.05, 4.69) is 0 Å². The van der Waals surface area contributed by atoms with E-state index in [9.17, 15) is 14.7 Å². The molecule has 6 heteroatoms. The fraction of sp³-hybridized carbons (Fsp3) is 0.250. The van der Waals surface area contributed by atoms with E-state index in [0.29, 0.717) is 0 Å². The molecule has 0 radical (unpaired) electrons. The van der Waals surface area contributed by atoms with Gasteiger partial charge in [0.1, 0.15) is 5.71 Å². The molecule has 0 heterocycles. The summed E-state index contributed by atoms with van der Waals surface area (Å²) in [6.45, 7) is 0. The molecular formula is C4H4NNaO4. The normalized spacial score (nSPS) is 7.60. The summed E-state index contributed by atoms with van der Waals surface area (Å²) >= 11 is 0. The first kappa shape index (κ1) is 12.3. The minimum Gasteiger partial charge on any atom is -0.550 e. The predicted molar refractivity (Wildman–Crippen MR) is 25.0 cm³/mol. The minimum atomic E-state index is -1.55. The van der Waals surface area contributed by atoms with Crippen molar-refractivity contribution in [3.8, 4) is 0 Å². The predicted octanol–water partition coefficient (Wildman–Crippen LogP) is -4.77. The Morgan fingerprint density at radius 3 is 2.00 bits per heavy atom. The number of hydrogen-bond acceptors (Lipinski definition) is 4. The van der Waals surface area contributed by atoms with Crippen molar-refractivity contribution in [3.05, 3.63) is 0 Å². The second kappa shape index (κ2) is 5.40. The van der Waals surface area contributed by atoms with Crippen LogP contribution >= 0.6 is 0 Å². The zero-order valence-corrected chi connectivity index (χ0v) is 7.38. The third-order valence-electron chi connectivity index (χ3n) is 0.579. The molecule has 0 fully saturated rings. The molecule has 10 heavy (non-hydrogen) atoms. The molecule has 0 saturated carbocycles. The van der Waals surface area contributed by atoms with Crippen LogP contribution in [0, 0.1) is 5.41 Å². The Bertz CT molecular complexity index is 167. The van der Waals surface area contributed by atoms with Crippen LogP contribution in [0.15, 0.2) is 0 Å². The topological polar surface area (TPSA) is 101 Å². The van der Waals surface area contributed by atoms with Gasteiger partial charge in [-0.3, -0.25) is 5.41 Å². The molecule has 0 rings (SSSR count). The van der Waals surface area contributed by atoms with Gasteiger partial charge in [-0.2, -0.15) is 0 Å². The Labute approximate surface area is 78.8 Å². The smallest absolute Gasteiger partial charge is 0.550 e. The summed E-state index contributed by atoms with van der Waals surface area (Å²) in [4.78, 5) is 19.3. The quantitative estimate of drug-likeness (QED) is 0.314. The van der Waals surface area contributed by atoms with Crippen molar-refractivity contribution < 1.29 is 49.4 Å². The zero-order chi connectivity index (χ0) is 7.44. The van der Waals surface area contributed by atoms with Gasteiger partial charge in [-0.05, 0) is 0 Å². The summed E-state index contributed by atoms with van der Waals surface area (Å²) in [5.74, 6) is -3.08. The van der Waals surface area contributed by atoms with Crippen LogP contribution < -0.4 is 34.7 Å². The summed E-state index contributed by atoms with van der Waals surface area (Å²) in [6.07, 6.45) is -0.838. The molecule has 0 aliphatic rings. The number of hydrogen-bond donors (Lipinski definition) is 2. The minimum absolute atomic E-state index is 0.